The SMILES string of the molecule is C1=CSC(=C2SC3=C(SC(=C4C=C(c5ccccc5)SC(c5ccccc5)=C4)S3)S2)S1. The molecular formula is C24H14S7. The molecule has 0 amide bonds. The van der Waals surface area contributed by atoms with Gasteiger partial charge in [-0.15, -0.1) is 0 Å². The first-order chi connectivity index (χ1) is 15.3. The van der Waals surface area contributed by atoms with Crippen LogP contribution < -0.4 is 0 Å². The predicted molar refractivity (Wildman–Crippen MR) is 152 cm³/mol. The number of thioether (sulfide) groups is 7. The Labute approximate surface area is 212 Å². The van der Waals surface area contributed by atoms with Gasteiger partial charge >= 0.3 is 0 Å². The van der Waals surface area contributed by atoms with Crippen LogP contribution >= 0.6 is 82.3 Å². The molecule has 4 aliphatic rings. The van der Waals surface area contributed by atoms with Crippen LogP contribution in [0, 0.1) is 0 Å². The molecule has 0 spiro atoms. The Bertz CT molecular complexity index is 1140. The van der Waals surface area contributed by atoms with Gasteiger partial charge in [0.1, 0.15) is 0 Å². The molecule has 4 aliphatic heterocycles. The van der Waals surface area contributed by atoms with Crippen LogP contribution in [0.3, 0.4) is 0 Å². The summed E-state index contributed by atoms with van der Waals surface area (Å²) in [5.74, 6) is 0. The van der Waals surface area contributed by atoms with Crippen molar-refractivity contribution in [2.24, 2.45) is 0 Å². The average Bonchev–Trinajstić information content (AvgIpc) is 3.56. The van der Waals surface area contributed by atoms with E-state index in [1.807, 2.05) is 82.3 Å². The second kappa shape index (κ2) is 9.29. The standard InChI is InChI=1S/C24H14S7/c1-3-7-15(8-4-1)18-13-17(14-19(27-18)16-9-5-2-6-10-16)20-28-23-24(29-20)31-22(30-23)21-25-11-12-26-21/h1-14H. The van der Waals surface area contributed by atoms with Crippen LogP contribution in [0.5, 0.6) is 0 Å². The second-order valence-corrected chi connectivity index (χ2v) is 15.0. The first-order valence-corrected chi connectivity index (χ1v) is 15.3. The molecule has 0 saturated heterocycles. The van der Waals surface area contributed by atoms with Gasteiger partial charge in [0.25, 0.3) is 0 Å². The molecule has 7 heteroatoms. The summed E-state index contributed by atoms with van der Waals surface area (Å²) in [6, 6.07) is 21.5. The lowest BCUT2D eigenvalue weighted by molar-refractivity contribution is 1.61. The molecule has 6 rings (SSSR count). The van der Waals surface area contributed by atoms with E-state index in [1.54, 1.807) is 0 Å². The van der Waals surface area contributed by atoms with E-state index in [4.69, 9.17) is 0 Å². The van der Waals surface area contributed by atoms with E-state index in [2.05, 4.69) is 83.6 Å². The van der Waals surface area contributed by atoms with Gasteiger partial charge in [-0.2, -0.15) is 0 Å². The van der Waals surface area contributed by atoms with Gasteiger partial charge in [0.15, 0.2) is 0 Å². The fourth-order valence-corrected chi connectivity index (χ4v) is 12.8. The van der Waals surface area contributed by atoms with Crippen molar-refractivity contribution in [1.29, 1.82) is 0 Å². The van der Waals surface area contributed by atoms with Crippen LogP contribution in [0.4, 0.5) is 0 Å². The Morgan fingerprint density at radius 3 is 1.39 bits per heavy atom. The van der Waals surface area contributed by atoms with Gasteiger partial charge in [-0.25, -0.2) is 0 Å². The molecule has 0 unspecified atom stereocenters. The summed E-state index contributed by atoms with van der Waals surface area (Å²) in [4.78, 5) is 2.62. The lowest BCUT2D eigenvalue weighted by Crippen LogP contribution is -1.92. The average molecular weight is 527 g/mol. The van der Waals surface area contributed by atoms with E-state index in [-0.39, 0.29) is 0 Å². The maximum Gasteiger partial charge on any atom is 0.0717 e. The van der Waals surface area contributed by atoms with Gasteiger partial charge in [0.05, 0.1) is 21.2 Å². The molecule has 0 radical (unpaired) electrons. The van der Waals surface area contributed by atoms with Crippen molar-refractivity contribution in [3.8, 4) is 0 Å². The highest BCUT2D eigenvalue weighted by atomic mass is 32.3. The highest BCUT2D eigenvalue weighted by Gasteiger charge is 2.33. The molecule has 0 aliphatic carbocycles. The molecule has 0 N–H and O–H groups in total. The van der Waals surface area contributed by atoms with E-state index in [0.29, 0.717) is 0 Å². The summed E-state index contributed by atoms with van der Waals surface area (Å²) in [6.07, 6.45) is 4.73. The van der Waals surface area contributed by atoms with Crippen molar-refractivity contribution in [2.45, 2.75) is 0 Å². The minimum absolute atomic E-state index is 1.28. The number of benzene rings is 2. The van der Waals surface area contributed by atoms with Gasteiger partial charge in [0.2, 0.25) is 0 Å². The number of rotatable bonds is 2. The zero-order valence-corrected chi connectivity index (χ0v) is 21.7. The monoisotopic (exact) mass is 526 g/mol. The van der Waals surface area contributed by atoms with E-state index < -0.39 is 0 Å². The van der Waals surface area contributed by atoms with E-state index in [9.17, 15) is 0 Å². The molecule has 152 valence electrons. The fourth-order valence-electron chi connectivity index (χ4n) is 3.20. The maximum atomic E-state index is 2.37. The molecule has 0 nitrogen and oxygen atoms in total. The molecule has 0 bridgehead atoms. The second-order valence-electron chi connectivity index (χ2n) is 6.66. The van der Waals surface area contributed by atoms with E-state index in [0.717, 1.165) is 0 Å². The summed E-state index contributed by atoms with van der Waals surface area (Å²) in [5, 5.41) is 4.35. The van der Waals surface area contributed by atoms with Gasteiger partial charge in [-0.1, -0.05) is 143 Å². The molecular weight excluding hydrogens is 513 g/mol. The number of hydrogen-bond acceptors (Lipinski definition) is 7. The molecule has 4 heterocycles. The molecule has 31 heavy (non-hydrogen) atoms. The normalized spacial score (nSPS) is 20.5. The van der Waals surface area contributed by atoms with Crippen LogP contribution in [0.2, 0.25) is 0 Å². The molecule has 0 atom stereocenters. The lowest BCUT2D eigenvalue weighted by atomic mass is 10.1. The zero-order valence-electron chi connectivity index (χ0n) is 15.9. The molecule has 2 aromatic carbocycles. The largest absolute Gasteiger partial charge is 0.0888 e. The fraction of sp³-hybridized carbons (Fsp3) is 0. The summed E-state index contributed by atoms with van der Waals surface area (Å²) in [6.45, 7) is 0. The smallest absolute Gasteiger partial charge is 0.0717 e. The van der Waals surface area contributed by atoms with Gasteiger partial charge in [-0.05, 0) is 39.7 Å². The Kier molecular flexibility index (Phi) is 6.27. The molecule has 0 fully saturated rings. The Morgan fingerprint density at radius 1 is 0.419 bits per heavy atom. The topological polar surface area (TPSA) is 0 Å². The van der Waals surface area contributed by atoms with Crippen molar-refractivity contribution in [3.05, 3.63) is 122 Å². The minimum Gasteiger partial charge on any atom is -0.0888 e. The van der Waals surface area contributed by atoms with E-state index in [1.165, 1.54) is 47.7 Å². The third kappa shape index (κ3) is 4.43. The van der Waals surface area contributed by atoms with Crippen molar-refractivity contribution >= 4 is 92.1 Å². The Hall–Kier alpha value is -0.670. The van der Waals surface area contributed by atoms with Crippen LogP contribution in [-0.4, -0.2) is 0 Å². The van der Waals surface area contributed by atoms with Crippen LogP contribution in [-0.2, 0) is 0 Å². The van der Waals surface area contributed by atoms with Crippen molar-refractivity contribution in [2.75, 3.05) is 0 Å². The lowest BCUT2D eigenvalue weighted by Gasteiger charge is -2.18. The van der Waals surface area contributed by atoms with Gasteiger partial charge < -0.3 is 0 Å². The van der Waals surface area contributed by atoms with Crippen LogP contribution in [0.1, 0.15) is 11.1 Å². The van der Waals surface area contributed by atoms with Crippen molar-refractivity contribution < 1.29 is 0 Å². The van der Waals surface area contributed by atoms with Gasteiger partial charge in [0, 0.05) is 9.81 Å². The third-order valence-electron chi connectivity index (χ3n) is 4.63. The molecule has 0 aromatic heterocycles. The first-order valence-electron chi connectivity index (χ1n) is 9.48. The summed E-state index contributed by atoms with van der Waals surface area (Å²) in [7, 11) is 0. The summed E-state index contributed by atoms with van der Waals surface area (Å²) < 4.78 is 7.13. The highest BCUT2D eigenvalue weighted by Crippen LogP contribution is 2.69. The first kappa shape index (κ1) is 20.9. The summed E-state index contributed by atoms with van der Waals surface area (Å²) >= 11 is 13.3. The van der Waals surface area contributed by atoms with Gasteiger partial charge in [-0.3, -0.25) is 0 Å². The molecule has 2 aromatic rings. The Balaban J connectivity index is 1.34. The zero-order chi connectivity index (χ0) is 20.6. The third-order valence-corrected chi connectivity index (χ3v) is 14.1. The maximum absolute atomic E-state index is 2.37. The molecule has 0 saturated carbocycles. The predicted octanol–water partition coefficient (Wildman–Crippen LogP) is 10.2. The minimum atomic E-state index is 1.28. The van der Waals surface area contributed by atoms with Crippen molar-refractivity contribution in [1.82, 2.24) is 0 Å². The van der Waals surface area contributed by atoms with Crippen LogP contribution in [0.25, 0.3) is 9.81 Å². The highest BCUT2D eigenvalue weighted by molar-refractivity contribution is 8.49. The Morgan fingerprint density at radius 2 is 0.871 bits per heavy atom. The quantitative estimate of drug-likeness (QED) is 0.377. The van der Waals surface area contributed by atoms with Crippen molar-refractivity contribution in [3.63, 3.8) is 0 Å². The van der Waals surface area contributed by atoms with E-state index >= 15 is 0 Å². The number of hydrogen-bond donors (Lipinski definition) is 0. The summed E-state index contributed by atoms with van der Waals surface area (Å²) in [5.41, 5.74) is 3.88. The van der Waals surface area contributed by atoms with Crippen LogP contribution in [0.15, 0.2) is 110 Å². The number of allylic oxidation sites excluding steroid dienone is 3.